The van der Waals surface area contributed by atoms with E-state index in [9.17, 15) is 22.0 Å². The first-order chi connectivity index (χ1) is 14.9. The number of alkyl halides is 2. The number of nitrogens with one attached hydrogen (secondary N) is 3. The molecule has 3 heterocycles. The fraction of sp³-hybridized carbons (Fsp3) is 0.400. The van der Waals surface area contributed by atoms with Gasteiger partial charge in [0.25, 0.3) is 5.91 Å². The molecule has 32 heavy (non-hydrogen) atoms. The summed E-state index contributed by atoms with van der Waals surface area (Å²) in [6.45, 7) is 2.25. The van der Waals surface area contributed by atoms with E-state index in [0.717, 1.165) is 6.20 Å². The van der Waals surface area contributed by atoms with Gasteiger partial charge in [-0.1, -0.05) is 13.8 Å². The highest BCUT2D eigenvalue weighted by Gasteiger charge is 2.45. The largest absolute Gasteiger partial charge is 0.433 e. The Hall–Kier alpha value is -3.15. The van der Waals surface area contributed by atoms with Crippen molar-refractivity contribution in [1.82, 2.24) is 15.3 Å². The smallest absolute Gasteiger partial charge is 0.387 e. The number of carbonyl (C=O) groups is 1. The average Bonchev–Trinajstić information content (AvgIpc) is 2.65. The maximum absolute atomic E-state index is 12.7. The quantitative estimate of drug-likeness (QED) is 0.508. The molecule has 0 bridgehead atoms. The third-order valence-corrected chi connectivity index (χ3v) is 6.86. The molecule has 2 aromatic heterocycles. The van der Waals surface area contributed by atoms with Gasteiger partial charge in [0.05, 0.1) is 40.7 Å². The lowest BCUT2D eigenvalue weighted by atomic mass is 9.98. The van der Waals surface area contributed by atoms with Crippen molar-refractivity contribution in [2.45, 2.75) is 32.9 Å². The van der Waals surface area contributed by atoms with Crippen molar-refractivity contribution in [3.05, 3.63) is 41.9 Å². The summed E-state index contributed by atoms with van der Waals surface area (Å²) in [6, 6.07) is 2.79. The number of carbonyl (C=O) groups excluding carboxylic acids is 1. The molecule has 0 unspecified atom stereocenters. The third-order valence-electron chi connectivity index (χ3n) is 4.71. The summed E-state index contributed by atoms with van der Waals surface area (Å²) in [5.74, 6) is -0.904. The van der Waals surface area contributed by atoms with E-state index in [-0.39, 0.29) is 40.3 Å². The Balaban J connectivity index is 1.87. The normalized spacial score (nSPS) is 16.3. The minimum absolute atomic E-state index is 0.141. The fourth-order valence-corrected chi connectivity index (χ4v) is 5.34. The Morgan fingerprint density at radius 1 is 1.22 bits per heavy atom. The van der Waals surface area contributed by atoms with Crippen molar-refractivity contribution in [2.24, 2.45) is 5.92 Å². The predicted molar refractivity (Wildman–Crippen MR) is 115 cm³/mol. The molecule has 0 aliphatic carbocycles. The van der Waals surface area contributed by atoms with E-state index in [0.29, 0.717) is 11.3 Å². The van der Waals surface area contributed by atoms with E-state index in [1.165, 1.54) is 24.5 Å². The standard InChI is InChI=1S/C20H23F2N5O4S/c1-11(2)16(23)15-4-12(18(28)27-20(3)9-32(29,30)10-20)6-25-17(15)26-13-5-14(8-24-7-13)31-19(21)22/h4-8,11,19,23H,9-10H2,1-3H3,(H,25,26)(H,27,28). The Labute approximate surface area is 184 Å². The summed E-state index contributed by atoms with van der Waals surface area (Å²) in [6.07, 6.45) is 3.80. The molecule has 1 amide bonds. The fourth-order valence-electron chi connectivity index (χ4n) is 3.34. The van der Waals surface area contributed by atoms with Gasteiger partial charge in [-0.25, -0.2) is 13.4 Å². The first-order valence-electron chi connectivity index (χ1n) is 9.66. The number of hydrogen-bond acceptors (Lipinski definition) is 8. The van der Waals surface area contributed by atoms with Crippen LogP contribution in [0.5, 0.6) is 5.75 Å². The number of anilines is 2. The van der Waals surface area contributed by atoms with Gasteiger partial charge in [0, 0.05) is 23.5 Å². The number of nitrogens with zero attached hydrogens (tertiary/aromatic N) is 2. The zero-order valence-corrected chi connectivity index (χ0v) is 18.5. The highest BCUT2D eigenvalue weighted by Crippen LogP contribution is 2.26. The van der Waals surface area contributed by atoms with Gasteiger partial charge in [-0.05, 0) is 18.9 Å². The van der Waals surface area contributed by atoms with Crippen LogP contribution in [-0.2, 0) is 9.84 Å². The first kappa shape index (κ1) is 23.5. The summed E-state index contributed by atoms with van der Waals surface area (Å²) >= 11 is 0. The summed E-state index contributed by atoms with van der Waals surface area (Å²) in [4.78, 5) is 20.8. The highest BCUT2D eigenvalue weighted by molar-refractivity contribution is 7.93. The van der Waals surface area contributed by atoms with Crippen molar-refractivity contribution >= 4 is 33.0 Å². The van der Waals surface area contributed by atoms with Crippen LogP contribution in [-0.4, -0.2) is 53.7 Å². The Kier molecular flexibility index (Phi) is 6.44. The van der Waals surface area contributed by atoms with Gasteiger partial charge in [-0.15, -0.1) is 0 Å². The Bertz CT molecular complexity index is 1140. The Morgan fingerprint density at radius 2 is 1.91 bits per heavy atom. The molecule has 0 aromatic carbocycles. The number of halogens is 2. The molecule has 0 atom stereocenters. The third kappa shape index (κ3) is 5.55. The lowest BCUT2D eigenvalue weighted by molar-refractivity contribution is -0.0500. The van der Waals surface area contributed by atoms with Gasteiger partial charge < -0.3 is 20.8 Å². The van der Waals surface area contributed by atoms with E-state index in [1.807, 2.05) is 0 Å². The molecular formula is C20H23F2N5O4S. The molecule has 1 aliphatic heterocycles. The lowest BCUT2D eigenvalue weighted by Gasteiger charge is -2.38. The molecule has 1 aliphatic rings. The second-order valence-corrected chi connectivity index (χ2v) is 10.2. The molecule has 0 spiro atoms. The van der Waals surface area contributed by atoms with E-state index >= 15 is 0 Å². The van der Waals surface area contributed by atoms with Gasteiger partial charge in [-0.3, -0.25) is 9.78 Å². The van der Waals surface area contributed by atoms with Gasteiger partial charge >= 0.3 is 6.61 Å². The number of amides is 1. The van der Waals surface area contributed by atoms with Crippen LogP contribution in [0.1, 0.15) is 36.7 Å². The number of rotatable bonds is 8. The van der Waals surface area contributed by atoms with Gasteiger partial charge in [-0.2, -0.15) is 8.78 Å². The predicted octanol–water partition coefficient (Wildman–Crippen LogP) is 2.76. The number of ether oxygens (including phenoxy) is 1. The van der Waals surface area contributed by atoms with Crippen molar-refractivity contribution in [2.75, 3.05) is 16.8 Å². The van der Waals surface area contributed by atoms with Crippen molar-refractivity contribution in [3.8, 4) is 5.75 Å². The van der Waals surface area contributed by atoms with Gasteiger partial charge in [0.2, 0.25) is 0 Å². The molecule has 1 saturated heterocycles. The summed E-state index contributed by atoms with van der Waals surface area (Å²) in [5.41, 5.74) is 0.140. The van der Waals surface area contributed by atoms with E-state index < -0.39 is 27.9 Å². The second kappa shape index (κ2) is 8.77. The molecule has 1 fully saturated rings. The van der Waals surface area contributed by atoms with Crippen LogP contribution in [0.3, 0.4) is 0 Å². The zero-order valence-electron chi connectivity index (χ0n) is 17.6. The minimum atomic E-state index is -3.14. The molecule has 172 valence electrons. The average molecular weight is 467 g/mol. The summed E-state index contributed by atoms with van der Waals surface area (Å²) in [5, 5.41) is 14.0. The second-order valence-electron chi connectivity index (χ2n) is 8.15. The zero-order chi connectivity index (χ0) is 23.7. The first-order valence-corrected chi connectivity index (χ1v) is 11.5. The van der Waals surface area contributed by atoms with Crippen LogP contribution in [0, 0.1) is 11.3 Å². The van der Waals surface area contributed by atoms with Crippen LogP contribution >= 0.6 is 0 Å². The van der Waals surface area contributed by atoms with E-state index in [2.05, 4.69) is 25.3 Å². The lowest BCUT2D eigenvalue weighted by Crippen LogP contribution is -2.63. The van der Waals surface area contributed by atoms with Gasteiger partial charge in [0.1, 0.15) is 11.6 Å². The van der Waals surface area contributed by atoms with Crippen molar-refractivity contribution in [3.63, 3.8) is 0 Å². The molecule has 12 heteroatoms. The summed E-state index contributed by atoms with van der Waals surface area (Å²) < 4.78 is 52.2. The number of hydrogen-bond donors (Lipinski definition) is 3. The monoisotopic (exact) mass is 467 g/mol. The van der Waals surface area contributed by atoms with E-state index in [1.54, 1.807) is 20.8 Å². The summed E-state index contributed by atoms with van der Waals surface area (Å²) in [7, 11) is -3.14. The molecule has 3 rings (SSSR count). The molecule has 0 radical (unpaired) electrons. The topological polar surface area (TPSA) is 134 Å². The van der Waals surface area contributed by atoms with Crippen molar-refractivity contribution < 1.29 is 26.7 Å². The molecule has 3 N–H and O–H groups in total. The van der Waals surface area contributed by atoms with Gasteiger partial charge in [0.15, 0.2) is 9.84 Å². The van der Waals surface area contributed by atoms with Crippen LogP contribution in [0.25, 0.3) is 0 Å². The van der Waals surface area contributed by atoms with Crippen LogP contribution in [0.15, 0.2) is 30.7 Å². The molecule has 0 saturated carbocycles. The van der Waals surface area contributed by atoms with E-state index in [4.69, 9.17) is 5.41 Å². The number of pyridine rings is 2. The highest BCUT2D eigenvalue weighted by atomic mass is 32.2. The maximum atomic E-state index is 12.7. The van der Waals surface area contributed by atoms with Crippen molar-refractivity contribution in [1.29, 1.82) is 5.41 Å². The van der Waals surface area contributed by atoms with Crippen LogP contribution in [0.2, 0.25) is 0 Å². The Morgan fingerprint density at radius 3 is 2.50 bits per heavy atom. The van der Waals surface area contributed by atoms with Crippen LogP contribution in [0.4, 0.5) is 20.3 Å². The minimum Gasteiger partial charge on any atom is -0.433 e. The molecular weight excluding hydrogens is 444 g/mol. The molecule has 2 aromatic rings. The van der Waals surface area contributed by atoms with Crippen LogP contribution < -0.4 is 15.4 Å². The number of sulfone groups is 1. The SMILES string of the molecule is CC(C)C(=N)c1cc(C(=O)NC2(C)CS(=O)(=O)C2)cnc1Nc1cncc(OC(F)F)c1. The molecule has 9 nitrogen and oxygen atoms in total. The number of aromatic nitrogens is 2. The maximum Gasteiger partial charge on any atom is 0.387 e.